The minimum atomic E-state index is -0.849. The molecule has 4 heteroatoms. The van der Waals surface area contributed by atoms with Crippen molar-refractivity contribution in [3.8, 4) is 0 Å². The molecule has 2 atom stereocenters. The number of carboxylic acids is 2. The van der Waals surface area contributed by atoms with Crippen molar-refractivity contribution in [3.05, 3.63) is 35.9 Å². The Kier molecular flexibility index (Phi) is 6.40. The number of hydrogen-bond acceptors (Lipinski definition) is 2. The van der Waals surface area contributed by atoms with Crippen LogP contribution in [0.15, 0.2) is 30.3 Å². The molecule has 2 unspecified atom stereocenters. The molecule has 0 aliphatic carbocycles. The van der Waals surface area contributed by atoms with E-state index in [-0.39, 0.29) is 5.92 Å². The summed E-state index contributed by atoms with van der Waals surface area (Å²) in [6, 6.07) is 9.55. The van der Waals surface area contributed by atoms with Gasteiger partial charge in [0.25, 0.3) is 0 Å². The molecular formula is C17H24O4. The van der Waals surface area contributed by atoms with Crippen LogP contribution >= 0.6 is 0 Å². The highest BCUT2D eigenvalue weighted by atomic mass is 16.4. The van der Waals surface area contributed by atoms with E-state index < -0.39 is 17.4 Å². The quantitative estimate of drug-likeness (QED) is 0.729. The number of hydrogen-bond donors (Lipinski definition) is 2. The number of aliphatic carboxylic acids is 2. The van der Waals surface area contributed by atoms with Crippen molar-refractivity contribution in [1.29, 1.82) is 0 Å². The van der Waals surface area contributed by atoms with E-state index in [2.05, 4.69) is 0 Å². The van der Waals surface area contributed by atoms with E-state index >= 15 is 0 Å². The number of benzene rings is 1. The first-order chi connectivity index (χ1) is 9.89. The van der Waals surface area contributed by atoms with Crippen LogP contribution in [0.1, 0.15) is 45.1 Å². The SMILES string of the molecule is CCC(CCCC(C)(Cc1ccccc1)C(=O)O)C(=O)O. The van der Waals surface area contributed by atoms with Crippen molar-refractivity contribution in [3.63, 3.8) is 0 Å². The first-order valence-electron chi connectivity index (χ1n) is 7.39. The molecule has 0 radical (unpaired) electrons. The summed E-state index contributed by atoms with van der Waals surface area (Å²) in [4.78, 5) is 22.6. The molecule has 0 heterocycles. The zero-order valence-electron chi connectivity index (χ0n) is 12.7. The lowest BCUT2D eigenvalue weighted by Crippen LogP contribution is -2.30. The van der Waals surface area contributed by atoms with Gasteiger partial charge in [0.1, 0.15) is 0 Å². The smallest absolute Gasteiger partial charge is 0.309 e. The van der Waals surface area contributed by atoms with E-state index in [0.29, 0.717) is 32.1 Å². The van der Waals surface area contributed by atoms with Crippen LogP contribution in [-0.4, -0.2) is 22.2 Å². The predicted molar refractivity (Wildman–Crippen MR) is 81.2 cm³/mol. The lowest BCUT2D eigenvalue weighted by Gasteiger charge is -2.25. The van der Waals surface area contributed by atoms with Crippen LogP contribution < -0.4 is 0 Å². The summed E-state index contributed by atoms with van der Waals surface area (Å²) in [5, 5.41) is 18.5. The molecule has 0 aromatic heterocycles. The molecule has 0 fully saturated rings. The Morgan fingerprint density at radius 2 is 1.81 bits per heavy atom. The highest BCUT2D eigenvalue weighted by Gasteiger charge is 2.33. The third kappa shape index (κ3) is 5.21. The minimum absolute atomic E-state index is 0.375. The lowest BCUT2D eigenvalue weighted by molar-refractivity contribution is -0.148. The minimum Gasteiger partial charge on any atom is -0.481 e. The topological polar surface area (TPSA) is 74.6 Å². The van der Waals surface area contributed by atoms with Crippen molar-refractivity contribution in [1.82, 2.24) is 0 Å². The summed E-state index contributed by atoms with van der Waals surface area (Å²) in [6.45, 7) is 3.59. The summed E-state index contributed by atoms with van der Waals surface area (Å²) in [5.41, 5.74) is 0.144. The molecule has 4 nitrogen and oxygen atoms in total. The van der Waals surface area contributed by atoms with Gasteiger partial charge < -0.3 is 10.2 Å². The van der Waals surface area contributed by atoms with Gasteiger partial charge in [-0.3, -0.25) is 9.59 Å². The van der Waals surface area contributed by atoms with Gasteiger partial charge in [0.05, 0.1) is 11.3 Å². The largest absolute Gasteiger partial charge is 0.481 e. The second kappa shape index (κ2) is 7.81. The van der Waals surface area contributed by atoms with Crippen molar-refractivity contribution in [2.75, 3.05) is 0 Å². The molecule has 0 saturated heterocycles. The maximum atomic E-state index is 11.6. The first kappa shape index (κ1) is 17.2. The molecule has 21 heavy (non-hydrogen) atoms. The Balaban J connectivity index is 2.64. The number of rotatable bonds is 9. The Labute approximate surface area is 125 Å². The average molecular weight is 292 g/mol. The van der Waals surface area contributed by atoms with Gasteiger partial charge >= 0.3 is 11.9 Å². The first-order valence-corrected chi connectivity index (χ1v) is 7.39. The molecule has 116 valence electrons. The van der Waals surface area contributed by atoms with E-state index in [1.54, 1.807) is 6.92 Å². The molecule has 2 N–H and O–H groups in total. The Morgan fingerprint density at radius 3 is 2.29 bits per heavy atom. The van der Waals surface area contributed by atoms with Gasteiger partial charge in [0, 0.05) is 0 Å². The van der Waals surface area contributed by atoms with Gasteiger partial charge in [0.2, 0.25) is 0 Å². The third-order valence-electron chi connectivity index (χ3n) is 4.08. The monoisotopic (exact) mass is 292 g/mol. The fourth-order valence-corrected chi connectivity index (χ4v) is 2.56. The molecule has 0 spiro atoms. The number of carboxylic acid groups (broad SMARTS) is 2. The van der Waals surface area contributed by atoms with Gasteiger partial charge in [-0.2, -0.15) is 0 Å². The Bertz CT molecular complexity index is 469. The van der Waals surface area contributed by atoms with Gasteiger partial charge in [-0.1, -0.05) is 43.7 Å². The Morgan fingerprint density at radius 1 is 1.19 bits per heavy atom. The van der Waals surface area contributed by atoms with E-state index in [0.717, 1.165) is 5.56 Å². The van der Waals surface area contributed by atoms with Crippen molar-refractivity contribution in [2.45, 2.75) is 46.0 Å². The van der Waals surface area contributed by atoms with Crippen molar-refractivity contribution in [2.24, 2.45) is 11.3 Å². The van der Waals surface area contributed by atoms with Gasteiger partial charge in [-0.25, -0.2) is 0 Å². The Hall–Kier alpha value is -1.84. The van der Waals surface area contributed by atoms with E-state index in [9.17, 15) is 14.7 Å². The van der Waals surface area contributed by atoms with Gasteiger partial charge in [0.15, 0.2) is 0 Å². The fraction of sp³-hybridized carbons (Fsp3) is 0.529. The highest BCUT2D eigenvalue weighted by molar-refractivity contribution is 5.74. The van der Waals surface area contributed by atoms with Crippen LogP contribution in [0, 0.1) is 11.3 Å². The molecule has 0 aliphatic heterocycles. The maximum absolute atomic E-state index is 11.6. The molecule has 0 aliphatic rings. The molecule has 1 rings (SSSR count). The van der Waals surface area contributed by atoms with Crippen LogP contribution in [-0.2, 0) is 16.0 Å². The highest BCUT2D eigenvalue weighted by Crippen LogP contribution is 2.30. The van der Waals surface area contributed by atoms with Crippen LogP contribution in [0.3, 0.4) is 0 Å². The van der Waals surface area contributed by atoms with E-state index in [1.807, 2.05) is 37.3 Å². The second-order valence-corrected chi connectivity index (χ2v) is 5.86. The average Bonchev–Trinajstić information content (AvgIpc) is 2.44. The lowest BCUT2D eigenvalue weighted by atomic mass is 9.78. The molecule has 0 saturated carbocycles. The van der Waals surface area contributed by atoms with Crippen LogP contribution in [0.25, 0.3) is 0 Å². The summed E-state index contributed by atoms with van der Waals surface area (Å²) < 4.78 is 0. The summed E-state index contributed by atoms with van der Waals surface area (Å²) >= 11 is 0. The molecular weight excluding hydrogens is 268 g/mol. The van der Waals surface area contributed by atoms with Crippen LogP contribution in [0.5, 0.6) is 0 Å². The van der Waals surface area contributed by atoms with E-state index in [1.165, 1.54) is 0 Å². The maximum Gasteiger partial charge on any atom is 0.309 e. The zero-order chi connectivity index (χ0) is 15.9. The van der Waals surface area contributed by atoms with Crippen LogP contribution in [0.2, 0.25) is 0 Å². The zero-order valence-corrected chi connectivity index (χ0v) is 12.7. The molecule has 1 aromatic rings. The normalized spacial score (nSPS) is 15.1. The van der Waals surface area contributed by atoms with Crippen molar-refractivity contribution >= 4 is 11.9 Å². The summed E-state index contributed by atoms with van der Waals surface area (Å²) in [5.74, 6) is -1.99. The molecule has 1 aromatic carbocycles. The molecule has 0 bridgehead atoms. The predicted octanol–water partition coefficient (Wildman–Crippen LogP) is 3.60. The van der Waals surface area contributed by atoms with E-state index in [4.69, 9.17) is 5.11 Å². The number of carbonyl (C=O) groups is 2. The second-order valence-electron chi connectivity index (χ2n) is 5.86. The van der Waals surface area contributed by atoms with Gasteiger partial charge in [-0.15, -0.1) is 0 Å². The standard InChI is InChI=1S/C17H24O4/c1-3-14(15(18)19)10-7-11-17(2,16(20)21)12-13-8-5-4-6-9-13/h4-6,8-9,14H,3,7,10-12H2,1-2H3,(H,18,19)(H,20,21). The van der Waals surface area contributed by atoms with Gasteiger partial charge in [-0.05, 0) is 38.2 Å². The summed E-state index contributed by atoms with van der Waals surface area (Å²) in [6.07, 6.45) is 2.68. The molecule has 0 amide bonds. The summed E-state index contributed by atoms with van der Waals surface area (Å²) in [7, 11) is 0. The van der Waals surface area contributed by atoms with Crippen LogP contribution in [0.4, 0.5) is 0 Å². The van der Waals surface area contributed by atoms with Crippen molar-refractivity contribution < 1.29 is 19.8 Å². The third-order valence-corrected chi connectivity index (χ3v) is 4.08. The fourth-order valence-electron chi connectivity index (χ4n) is 2.56.